The van der Waals surface area contributed by atoms with Crippen molar-refractivity contribution in [3.05, 3.63) is 48.2 Å². The fourth-order valence-corrected chi connectivity index (χ4v) is 1.67. The summed E-state index contributed by atoms with van der Waals surface area (Å²) in [7, 11) is 0. The van der Waals surface area contributed by atoms with Crippen molar-refractivity contribution in [3.8, 4) is 11.5 Å². The first kappa shape index (κ1) is 9.99. The first-order chi connectivity index (χ1) is 8.36. The van der Waals surface area contributed by atoms with Crippen LogP contribution < -0.4 is 5.73 Å². The molecule has 84 valence electrons. The Hall–Kier alpha value is -2.20. The van der Waals surface area contributed by atoms with Gasteiger partial charge >= 0.3 is 0 Å². The van der Waals surface area contributed by atoms with Crippen molar-refractivity contribution in [2.24, 2.45) is 5.73 Å². The molecule has 3 rings (SSSR count). The Morgan fingerprint density at radius 3 is 2.59 bits per heavy atom. The van der Waals surface area contributed by atoms with Crippen molar-refractivity contribution in [2.45, 2.75) is 6.54 Å². The van der Waals surface area contributed by atoms with Crippen LogP contribution in [0.4, 0.5) is 0 Å². The van der Waals surface area contributed by atoms with Gasteiger partial charge in [0.1, 0.15) is 5.52 Å². The van der Waals surface area contributed by atoms with Crippen LogP contribution in [0.3, 0.4) is 0 Å². The average molecular weight is 225 g/mol. The number of pyridine rings is 1. The molecule has 4 nitrogen and oxygen atoms in total. The highest BCUT2D eigenvalue weighted by Gasteiger charge is 2.08. The maximum absolute atomic E-state index is 5.62. The topological polar surface area (TPSA) is 64.9 Å². The summed E-state index contributed by atoms with van der Waals surface area (Å²) in [5, 5.41) is 0. The van der Waals surface area contributed by atoms with Gasteiger partial charge in [-0.3, -0.25) is 0 Å². The Morgan fingerprint density at radius 2 is 1.82 bits per heavy atom. The van der Waals surface area contributed by atoms with Gasteiger partial charge in [0.25, 0.3) is 0 Å². The van der Waals surface area contributed by atoms with Gasteiger partial charge in [-0.05, 0) is 24.3 Å². The minimum atomic E-state index is 0.400. The summed E-state index contributed by atoms with van der Waals surface area (Å²) in [6, 6.07) is 13.5. The predicted octanol–water partition coefficient (Wildman–Crippen LogP) is 2.35. The molecule has 0 spiro atoms. The van der Waals surface area contributed by atoms with Gasteiger partial charge in [0.15, 0.2) is 0 Å². The number of hydrogen-bond donors (Lipinski definition) is 1. The highest BCUT2D eigenvalue weighted by atomic mass is 16.4. The lowest BCUT2D eigenvalue weighted by Gasteiger charge is -1.92. The van der Waals surface area contributed by atoms with E-state index in [9.17, 15) is 0 Å². The number of nitrogens with two attached hydrogens (primary N) is 1. The molecule has 17 heavy (non-hydrogen) atoms. The number of nitrogens with zero attached hydrogens (tertiary/aromatic N) is 2. The predicted molar refractivity (Wildman–Crippen MR) is 65.1 cm³/mol. The van der Waals surface area contributed by atoms with E-state index in [2.05, 4.69) is 9.97 Å². The molecule has 0 aliphatic heterocycles. The largest absolute Gasteiger partial charge is 0.418 e. The van der Waals surface area contributed by atoms with Gasteiger partial charge in [-0.15, -0.1) is 0 Å². The first-order valence-electron chi connectivity index (χ1n) is 5.39. The molecule has 2 heterocycles. The van der Waals surface area contributed by atoms with Gasteiger partial charge < -0.3 is 10.2 Å². The van der Waals surface area contributed by atoms with Crippen LogP contribution in [0.25, 0.3) is 22.7 Å². The Bertz CT molecular complexity index is 646. The zero-order valence-corrected chi connectivity index (χ0v) is 9.13. The quantitative estimate of drug-likeness (QED) is 0.727. The maximum Gasteiger partial charge on any atom is 0.247 e. The van der Waals surface area contributed by atoms with Gasteiger partial charge in [-0.2, -0.15) is 0 Å². The summed E-state index contributed by atoms with van der Waals surface area (Å²) >= 11 is 0. The molecule has 0 amide bonds. The van der Waals surface area contributed by atoms with E-state index in [1.54, 1.807) is 0 Å². The van der Waals surface area contributed by atoms with E-state index in [0.717, 1.165) is 16.8 Å². The smallest absolute Gasteiger partial charge is 0.247 e. The molecule has 2 N–H and O–H groups in total. The summed E-state index contributed by atoms with van der Waals surface area (Å²) in [5.41, 5.74) is 8.56. The number of benzene rings is 1. The molecule has 3 aromatic rings. The molecular formula is C13H11N3O. The highest BCUT2D eigenvalue weighted by Crippen LogP contribution is 2.22. The van der Waals surface area contributed by atoms with Gasteiger partial charge in [0.05, 0.1) is 5.69 Å². The summed E-state index contributed by atoms with van der Waals surface area (Å²) in [6.45, 7) is 0.400. The highest BCUT2D eigenvalue weighted by molar-refractivity contribution is 5.72. The molecule has 0 fully saturated rings. The fraction of sp³-hybridized carbons (Fsp3) is 0.0769. The van der Waals surface area contributed by atoms with E-state index in [0.29, 0.717) is 18.1 Å². The molecule has 1 aromatic carbocycles. The second kappa shape index (κ2) is 3.99. The van der Waals surface area contributed by atoms with Crippen LogP contribution in [0.1, 0.15) is 5.69 Å². The summed E-state index contributed by atoms with van der Waals surface area (Å²) in [6.07, 6.45) is 0. The third-order valence-electron chi connectivity index (χ3n) is 2.54. The fourth-order valence-electron chi connectivity index (χ4n) is 1.67. The van der Waals surface area contributed by atoms with E-state index < -0.39 is 0 Å². The third-order valence-corrected chi connectivity index (χ3v) is 2.54. The Labute approximate surface area is 98.1 Å². The Balaban J connectivity index is 2.14. The van der Waals surface area contributed by atoms with Crippen LogP contribution in [0, 0.1) is 0 Å². The van der Waals surface area contributed by atoms with Gasteiger partial charge in [-0.25, -0.2) is 9.97 Å². The average Bonchev–Trinajstić information content (AvgIpc) is 2.82. The van der Waals surface area contributed by atoms with Crippen molar-refractivity contribution < 1.29 is 4.42 Å². The first-order valence-corrected chi connectivity index (χ1v) is 5.39. The molecule has 0 bridgehead atoms. The zero-order valence-electron chi connectivity index (χ0n) is 9.13. The van der Waals surface area contributed by atoms with Crippen LogP contribution >= 0.6 is 0 Å². The van der Waals surface area contributed by atoms with Crippen LogP contribution in [0.5, 0.6) is 0 Å². The van der Waals surface area contributed by atoms with E-state index in [1.807, 2.05) is 42.5 Å². The van der Waals surface area contributed by atoms with Crippen molar-refractivity contribution in [2.75, 3.05) is 0 Å². The van der Waals surface area contributed by atoms with E-state index in [1.165, 1.54) is 0 Å². The van der Waals surface area contributed by atoms with E-state index in [4.69, 9.17) is 10.2 Å². The Kier molecular flexibility index (Phi) is 2.34. The molecule has 0 unspecified atom stereocenters. The monoisotopic (exact) mass is 225 g/mol. The molecule has 0 saturated heterocycles. The van der Waals surface area contributed by atoms with Gasteiger partial charge in [-0.1, -0.05) is 18.2 Å². The van der Waals surface area contributed by atoms with Gasteiger partial charge in [0, 0.05) is 12.1 Å². The summed E-state index contributed by atoms with van der Waals surface area (Å²) in [5.74, 6) is 0.585. The lowest BCUT2D eigenvalue weighted by Crippen LogP contribution is -1.98. The number of rotatable bonds is 2. The standard InChI is InChI=1S/C13H11N3O/c14-8-10-6-7-11-13(15-10)17-12(16-11)9-4-2-1-3-5-9/h1-7H,8,14H2. The van der Waals surface area contributed by atoms with E-state index >= 15 is 0 Å². The third kappa shape index (κ3) is 1.79. The van der Waals surface area contributed by atoms with Crippen LogP contribution in [0.2, 0.25) is 0 Å². The van der Waals surface area contributed by atoms with Gasteiger partial charge in [0.2, 0.25) is 11.6 Å². The van der Waals surface area contributed by atoms with Crippen molar-refractivity contribution >= 4 is 11.2 Å². The number of hydrogen-bond acceptors (Lipinski definition) is 4. The van der Waals surface area contributed by atoms with Crippen LogP contribution in [-0.2, 0) is 6.54 Å². The summed E-state index contributed by atoms with van der Waals surface area (Å²) < 4.78 is 5.62. The van der Waals surface area contributed by atoms with Crippen LogP contribution in [0.15, 0.2) is 46.9 Å². The zero-order chi connectivity index (χ0) is 11.7. The second-order valence-electron chi connectivity index (χ2n) is 3.72. The second-order valence-corrected chi connectivity index (χ2v) is 3.72. The molecule has 0 atom stereocenters. The number of fused-ring (bicyclic) bond motifs is 1. The van der Waals surface area contributed by atoms with Crippen LogP contribution in [-0.4, -0.2) is 9.97 Å². The molecule has 0 radical (unpaired) electrons. The Morgan fingerprint density at radius 1 is 1.00 bits per heavy atom. The molecule has 0 aliphatic carbocycles. The SMILES string of the molecule is NCc1ccc2nc(-c3ccccc3)oc2n1. The molecular weight excluding hydrogens is 214 g/mol. The van der Waals surface area contributed by atoms with Crippen molar-refractivity contribution in [3.63, 3.8) is 0 Å². The summed E-state index contributed by atoms with van der Waals surface area (Å²) in [4.78, 5) is 8.67. The molecule has 0 aliphatic rings. The number of aromatic nitrogens is 2. The number of oxazole rings is 1. The lowest BCUT2D eigenvalue weighted by molar-refractivity contribution is 0.606. The van der Waals surface area contributed by atoms with Crippen molar-refractivity contribution in [1.29, 1.82) is 0 Å². The van der Waals surface area contributed by atoms with Crippen molar-refractivity contribution in [1.82, 2.24) is 9.97 Å². The molecule has 2 aromatic heterocycles. The lowest BCUT2D eigenvalue weighted by atomic mass is 10.2. The molecule has 4 heteroatoms. The minimum Gasteiger partial charge on any atom is -0.418 e. The maximum atomic E-state index is 5.62. The molecule has 0 saturated carbocycles. The minimum absolute atomic E-state index is 0.400. The normalized spacial score (nSPS) is 10.9. The van der Waals surface area contributed by atoms with E-state index in [-0.39, 0.29) is 0 Å².